The first-order valence-corrected chi connectivity index (χ1v) is 10.0. The van der Waals surface area contributed by atoms with Crippen LogP contribution in [0.2, 0.25) is 0 Å². The maximum absolute atomic E-state index is 12.7. The summed E-state index contributed by atoms with van der Waals surface area (Å²) in [4.78, 5) is 15.1. The van der Waals surface area contributed by atoms with E-state index >= 15 is 0 Å². The van der Waals surface area contributed by atoms with Gasteiger partial charge in [0.15, 0.2) is 0 Å². The van der Waals surface area contributed by atoms with Crippen molar-refractivity contribution in [2.45, 2.75) is 19.4 Å². The van der Waals surface area contributed by atoms with Gasteiger partial charge in [0.2, 0.25) is 5.91 Å². The molecule has 1 aliphatic heterocycles. The summed E-state index contributed by atoms with van der Waals surface area (Å²) in [6, 6.07) is 15.8. The van der Waals surface area contributed by atoms with Crippen LogP contribution >= 0.6 is 15.9 Å². The zero-order valence-electron chi connectivity index (χ0n) is 15.4. The third-order valence-corrected chi connectivity index (χ3v) is 5.13. The van der Waals surface area contributed by atoms with Gasteiger partial charge in [-0.25, -0.2) is 0 Å². The maximum atomic E-state index is 12.7. The van der Waals surface area contributed by atoms with Gasteiger partial charge in [0.05, 0.1) is 5.92 Å². The zero-order chi connectivity index (χ0) is 19.1. The molecule has 5 heteroatoms. The van der Waals surface area contributed by atoms with E-state index in [1.807, 2.05) is 30.3 Å². The van der Waals surface area contributed by atoms with Crippen LogP contribution in [0.4, 0.5) is 5.69 Å². The molecular weight excluding hydrogens is 404 g/mol. The number of carbonyl (C=O) groups is 1. The summed E-state index contributed by atoms with van der Waals surface area (Å²) in [6.07, 6.45) is 3.66. The van der Waals surface area contributed by atoms with Gasteiger partial charge in [-0.2, -0.15) is 0 Å². The standard InChI is InChI=1S/C22H25BrN2O2/c1-2-12-27-21-10-4-9-20(14-21)24-22(26)18-7-5-11-25(16-18)15-17-6-3-8-19(23)13-17/h2-4,6,8-10,13-14,18H,1,5,7,11-12,15-16H2,(H,24,26). The van der Waals surface area contributed by atoms with E-state index < -0.39 is 0 Å². The maximum Gasteiger partial charge on any atom is 0.228 e. The number of rotatable bonds is 7. The van der Waals surface area contributed by atoms with Crippen molar-refractivity contribution in [3.63, 3.8) is 0 Å². The lowest BCUT2D eigenvalue weighted by Crippen LogP contribution is -2.40. The summed E-state index contributed by atoms with van der Waals surface area (Å²) in [7, 11) is 0. The predicted octanol–water partition coefficient (Wildman–Crippen LogP) is 4.86. The summed E-state index contributed by atoms with van der Waals surface area (Å²) < 4.78 is 6.62. The minimum Gasteiger partial charge on any atom is -0.489 e. The molecule has 27 heavy (non-hydrogen) atoms. The first kappa shape index (κ1) is 19.6. The molecule has 0 radical (unpaired) electrons. The fraction of sp³-hybridized carbons (Fsp3) is 0.318. The molecule has 0 spiro atoms. The monoisotopic (exact) mass is 428 g/mol. The lowest BCUT2D eigenvalue weighted by molar-refractivity contribution is -0.121. The molecule has 1 unspecified atom stereocenters. The Kier molecular flexibility index (Phi) is 7.07. The number of ether oxygens (including phenoxy) is 1. The van der Waals surface area contributed by atoms with Gasteiger partial charge in [0.25, 0.3) is 0 Å². The quantitative estimate of drug-likeness (QED) is 0.639. The van der Waals surface area contributed by atoms with Gasteiger partial charge in [0, 0.05) is 29.3 Å². The van der Waals surface area contributed by atoms with Gasteiger partial charge < -0.3 is 10.1 Å². The zero-order valence-corrected chi connectivity index (χ0v) is 17.0. The third kappa shape index (κ3) is 5.94. The molecule has 1 atom stereocenters. The van der Waals surface area contributed by atoms with E-state index in [2.05, 4.69) is 50.9 Å². The molecule has 3 rings (SSSR count). The van der Waals surface area contributed by atoms with Crippen LogP contribution in [0.3, 0.4) is 0 Å². The Hall–Kier alpha value is -2.11. The van der Waals surface area contributed by atoms with Crippen molar-refractivity contribution in [2.75, 3.05) is 25.0 Å². The molecular formula is C22H25BrN2O2. The number of halogens is 1. The highest BCUT2D eigenvalue weighted by Crippen LogP contribution is 2.23. The van der Waals surface area contributed by atoms with Crippen molar-refractivity contribution < 1.29 is 9.53 Å². The van der Waals surface area contributed by atoms with Crippen molar-refractivity contribution >= 4 is 27.5 Å². The number of hydrogen-bond donors (Lipinski definition) is 1. The molecule has 1 saturated heterocycles. The largest absolute Gasteiger partial charge is 0.489 e. The summed E-state index contributed by atoms with van der Waals surface area (Å²) in [6.45, 7) is 6.78. The molecule has 0 saturated carbocycles. The van der Waals surface area contributed by atoms with Crippen molar-refractivity contribution in [1.82, 2.24) is 4.90 Å². The van der Waals surface area contributed by atoms with Gasteiger partial charge in [-0.3, -0.25) is 9.69 Å². The first-order chi connectivity index (χ1) is 13.1. The van der Waals surface area contributed by atoms with E-state index in [0.29, 0.717) is 6.61 Å². The topological polar surface area (TPSA) is 41.6 Å². The Morgan fingerprint density at radius 3 is 2.96 bits per heavy atom. The van der Waals surface area contributed by atoms with Gasteiger partial charge in [-0.15, -0.1) is 0 Å². The number of hydrogen-bond acceptors (Lipinski definition) is 3. The fourth-order valence-electron chi connectivity index (χ4n) is 3.37. The highest BCUT2D eigenvalue weighted by Gasteiger charge is 2.26. The summed E-state index contributed by atoms with van der Waals surface area (Å²) in [5.74, 6) is 0.811. The number of amides is 1. The van der Waals surface area contributed by atoms with E-state index in [1.54, 1.807) is 6.08 Å². The van der Waals surface area contributed by atoms with Crippen molar-refractivity contribution in [3.8, 4) is 5.75 Å². The second kappa shape index (κ2) is 9.72. The van der Waals surface area contributed by atoms with Crippen molar-refractivity contribution in [1.29, 1.82) is 0 Å². The fourth-order valence-corrected chi connectivity index (χ4v) is 3.82. The van der Waals surface area contributed by atoms with Crippen LogP contribution in [0, 0.1) is 5.92 Å². The van der Waals surface area contributed by atoms with Crippen molar-refractivity contribution in [2.24, 2.45) is 5.92 Å². The van der Waals surface area contributed by atoms with E-state index in [0.717, 1.165) is 48.4 Å². The molecule has 1 aliphatic rings. The molecule has 4 nitrogen and oxygen atoms in total. The van der Waals surface area contributed by atoms with E-state index in [1.165, 1.54) is 5.56 Å². The van der Waals surface area contributed by atoms with Crippen LogP contribution in [-0.4, -0.2) is 30.5 Å². The van der Waals surface area contributed by atoms with Crippen molar-refractivity contribution in [3.05, 3.63) is 71.2 Å². The summed E-state index contributed by atoms with van der Waals surface area (Å²) >= 11 is 3.52. The Labute approximate surface area is 169 Å². The van der Waals surface area contributed by atoms with Gasteiger partial charge >= 0.3 is 0 Å². The summed E-state index contributed by atoms with van der Waals surface area (Å²) in [5.41, 5.74) is 2.03. The Morgan fingerprint density at radius 1 is 1.30 bits per heavy atom. The number of benzene rings is 2. The first-order valence-electron chi connectivity index (χ1n) is 9.25. The van der Waals surface area contributed by atoms with E-state index in [4.69, 9.17) is 4.74 Å². The van der Waals surface area contributed by atoms with Crippen LogP contribution in [0.1, 0.15) is 18.4 Å². The minimum absolute atomic E-state index is 0.00338. The van der Waals surface area contributed by atoms with Gasteiger partial charge in [-0.05, 0) is 49.2 Å². The van der Waals surface area contributed by atoms with E-state index in [9.17, 15) is 4.79 Å². The molecule has 1 amide bonds. The molecule has 2 aromatic carbocycles. The second-order valence-corrected chi connectivity index (χ2v) is 7.74. The normalized spacial score (nSPS) is 17.3. The molecule has 1 heterocycles. The van der Waals surface area contributed by atoms with Crippen LogP contribution in [-0.2, 0) is 11.3 Å². The number of nitrogens with zero attached hydrogens (tertiary/aromatic N) is 1. The number of piperidine rings is 1. The van der Waals surface area contributed by atoms with Gasteiger partial charge in [0.1, 0.15) is 12.4 Å². The average Bonchev–Trinajstić information content (AvgIpc) is 2.67. The Balaban J connectivity index is 1.57. The summed E-state index contributed by atoms with van der Waals surface area (Å²) in [5, 5.41) is 3.04. The minimum atomic E-state index is 0.00338. The highest BCUT2D eigenvalue weighted by atomic mass is 79.9. The Morgan fingerprint density at radius 2 is 2.15 bits per heavy atom. The van der Waals surface area contributed by atoms with Crippen LogP contribution in [0.15, 0.2) is 65.7 Å². The Bertz CT molecular complexity index is 793. The molecule has 142 valence electrons. The van der Waals surface area contributed by atoms with E-state index in [-0.39, 0.29) is 11.8 Å². The molecule has 0 bridgehead atoms. The van der Waals surface area contributed by atoms with Crippen LogP contribution in [0.5, 0.6) is 5.75 Å². The second-order valence-electron chi connectivity index (χ2n) is 6.82. The van der Waals surface area contributed by atoms with Crippen LogP contribution in [0.25, 0.3) is 0 Å². The smallest absolute Gasteiger partial charge is 0.228 e. The molecule has 1 N–H and O–H groups in total. The number of likely N-dealkylation sites (tertiary alicyclic amines) is 1. The molecule has 2 aromatic rings. The number of carbonyl (C=O) groups excluding carboxylic acids is 1. The predicted molar refractivity (Wildman–Crippen MR) is 113 cm³/mol. The third-order valence-electron chi connectivity index (χ3n) is 4.64. The molecule has 0 aliphatic carbocycles. The number of anilines is 1. The molecule has 1 fully saturated rings. The van der Waals surface area contributed by atoms with Gasteiger partial charge in [-0.1, -0.05) is 46.8 Å². The lowest BCUT2D eigenvalue weighted by atomic mass is 9.96. The number of nitrogens with one attached hydrogen (secondary N) is 1. The molecule has 0 aromatic heterocycles. The average molecular weight is 429 g/mol. The highest BCUT2D eigenvalue weighted by molar-refractivity contribution is 9.10. The lowest BCUT2D eigenvalue weighted by Gasteiger charge is -2.32. The van der Waals surface area contributed by atoms with Crippen LogP contribution < -0.4 is 10.1 Å². The SMILES string of the molecule is C=CCOc1cccc(NC(=O)C2CCCN(Cc3cccc(Br)c3)C2)c1.